The second-order valence-corrected chi connectivity index (χ2v) is 7.68. The van der Waals surface area contributed by atoms with Crippen LogP contribution >= 0.6 is 0 Å². The first-order valence-electron chi connectivity index (χ1n) is 7.35. The molecule has 0 fully saturated rings. The van der Waals surface area contributed by atoms with Crippen LogP contribution in [0.3, 0.4) is 0 Å². The molecule has 0 aliphatic carbocycles. The van der Waals surface area contributed by atoms with Gasteiger partial charge in [-0.3, -0.25) is 4.79 Å². The summed E-state index contributed by atoms with van der Waals surface area (Å²) >= 11 is 0. The van der Waals surface area contributed by atoms with Crippen molar-refractivity contribution in [2.24, 2.45) is 16.7 Å². The van der Waals surface area contributed by atoms with E-state index in [1.54, 1.807) is 0 Å². The van der Waals surface area contributed by atoms with Crippen LogP contribution in [-0.2, 0) is 4.79 Å². The number of hydrogen-bond donors (Lipinski definition) is 1. The average molecular weight is 255 g/mol. The summed E-state index contributed by atoms with van der Waals surface area (Å²) in [5, 5.41) is 3.11. The maximum atomic E-state index is 12.3. The number of amides is 1. The lowest BCUT2D eigenvalue weighted by Gasteiger charge is -2.34. The van der Waals surface area contributed by atoms with E-state index in [1.165, 1.54) is 12.8 Å². The van der Waals surface area contributed by atoms with Gasteiger partial charge in [0.25, 0.3) is 0 Å². The fraction of sp³-hybridized carbons (Fsp3) is 0.938. The summed E-state index contributed by atoms with van der Waals surface area (Å²) in [5.74, 6) is 0.327. The van der Waals surface area contributed by atoms with Gasteiger partial charge in [0, 0.05) is 12.5 Å². The summed E-state index contributed by atoms with van der Waals surface area (Å²) < 4.78 is 0. The van der Waals surface area contributed by atoms with Gasteiger partial charge in [0.1, 0.15) is 0 Å². The van der Waals surface area contributed by atoms with E-state index in [4.69, 9.17) is 0 Å². The third-order valence-electron chi connectivity index (χ3n) is 3.26. The highest BCUT2D eigenvalue weighted by Gasteiger charge is 2.34. The minimum Gasteiger partial charge on any atom is -0.356 e. The van der Waals surface area contributed by atoms with Crippen molar-refractivity contribution in [1.29, 1.82) is 0 Å². The molecule has 1 atom stereocenters. The molecule has 0 radical (unpaired) electrons. The van der Waals surface area contributed by atoms with Crippen LogP contribution in [0.4, 0.5) is 0 Å². The summed E-state index contributed by atoms with van der Waals surface area (Å²) in [4.78, 5) is 12.3. The van der Waals surface area contributed by atoms with Gasteiger partial charge >= 0.3 is 0 Å². The molecule has 0 saturated carbocycles. The van der Waals surface area contributed by atoms with Crippen molar-refractivity contribution in [2.75, 3.05) is 6.54 Å². The van der Waals surface area contributed by atoms with Crippen molar-refractivity contribution < 1.29 is 4.79 Å². The number of hydrogen-bond acceptors (Lipinski definition) is 1. The lowest BCUT2D eigenvalue weighted by atomic mass is 9.71. The fourth-order valence-electron chi connectivity index (χ4n) is 2.11. The molecule has 0 saturated heterocycles. The summed E-state index contributed by atoms with van der Waals surface area (Å²) in [6, 6.07) is 0. The predicted octanol–water partition coefficient (Wildman–Crippen LogP) is 4.39. The standard InChI is InChI=1S/C16H33NO/c1-8-9-10-11-17-14(18)13(16(5,6)7)12-15(2,3)4/h13H,8-12H2,1-7H3,(H,17,18). The second-order valence-electron chi connectivity index (χ2n) is 7.68. The highest BCUT2D eigenvalue weighted by Crippen LogP contribution is 2.36. The Morgan fingerprint density at radius 3 is 2.00 bits per heavy atom. The molecule has 0 bridgehead atoms. The van der Waals surface area contributed by atoms with E-state index in [2.05, 4.69) is 53.8 Å². The predicted molar refractivity (Wildman–Crippen MR) is 79.6 cm³/mol. The second kappa shape index (κ2) is 7.16. The average Bonchev–Trinajstić information content (AvgIpc) is 2.18. The molecule has 0 aromatic heterocycles. The zero-order valence-corrected chi connectivity index (χ0v) is 13.5. The Hall–Kier alpha value is -0.530. The highest BCUT2D eigenvalue weighted by atomic mass is 16.1. The van der Waals surface area contributed by atoms with Crippen molar-refractivity contribution in [2.45, 2.75) is 74.1 Å². The minimum atomic E-state index is 0.0299. The molecule has 0 rings (SSSR count). The molecule has 1 unspecified atom stereocenters. The molecule has 0 heterocycles. The van der Waals surface area contributed by atoms with Gasteiger partial charge in [-0.15, -0.1) is 0 Å². The number of nitrogens with one attached hydrogen (secondary N) is 1. The van der Waals surface area contributed by atoms with Gasteiger partial charge in [-0.25, -0.2) is 0 Å². The quantitative estimate of drug-likeness (QED) is 0.701. The van der Waals surface area contributed by atoms with Crippen LogP contribution in [0, 0.1) is 16.7 Å². The highest BCUT2D eigenvalue weighted by molar-refractivity contribution is 5.79. The SMILES string of the molecule is CCCCCNC(=O)C(CC(C)(C)C)C(C)(C)C. The van der Waals surface area contributed by atoms with Crippen molar-refractivity contribution in [1.82, 2.24) is 5.32 Å². The first-order chi connectivity index (χ1) is 8.08. The van der Waals surface area contributed by atoms with E-state index in [-0.39, 0.29) is 22.7 Å². The van der Waals surface area contributed by atoms with Crippen LogP contribution in [-0.4, -0.2) is 12.5 Å². The first-order valence-corrected chi connectivity index (χ1v) is 7.35. The van der Waals surface area contributed by atoms with Gasteiger partial charge in [0.15, 0.2) is 0 Å². The van der Waals surface area contributed by atoms with Crippen LogP contribution in [0.2, 0.25) is 0 Å². The van der Waals surface area contributed by atoms with Crippen LogP contribution in [0.15, 0.2) is 0 Å². The molecular weight excluding hydrogens is 222 g/mol. The van der Waals surface area contributed by atoms with Gasteiger partial charge in [-0.2, -0.15) is 0 Å². The van der Waals surface area contributed by atoms with Crippen LogP contribution in [0.25, 0.3) is 0 Å². The van der Waals surface area contributed by atoms with E-state index < -0.39 is 0 Å². The molecule has 18 heavy (non-hydrogen) atoms. The van der Waals surface area contributed by atoms with Crippen LogP contribution in [0.1, 0.15) is 74.1 Å². The molecule has 108 valence electrons. The molecule has 1 amide bonds. The van der Waals surface area contributed by atoms with E-state index in [1.807, 2.05) is 0 Å². The molecule has 0 spiro atoms. The minimum absolute atomic E-state index is 0.0299. The van der Waals surface area contributed by atoms with E-state index >= 15 is 0 Å². The van der Waals surface area contributed by atoms with Gasteiger partial charge in [0.2, 0.25) is 5.91 Å². The van der Waals surface area contributed by atoms with Gasteiger partial charge < -0.3 is 5.32 Å². The maximum absolute atomic E-state index is 12.3. The summed E-state index contributed by atoms with van der Waals surface area (Å²) in [6.45, 7) is 16.1. The summed E-state index contributed by atoms with van der Waals surface area (Å²) in [7, 11) is 0. The van der Waals surface area contributed by atoms with E-state index in [9.17, 15) is 4.79 Å². The van der Waals surface area contributed by atoms with E-state index in [0.717, 1.165) is 19.4 Å². The fourth-order valence-corrected chi connectivity index (χ4v) is 2.11. The zero-order chi connectivity index (χ0) is 14.4. The molecule has 0 aliphatic rings. The van der Waals surface area contributed by atoms with Crippen molar-refractivity contribution >= 4 is 5.91 Å². The molecule has 0 aromatic carbocycles. The summed E-state index contributed by atoms with van der Waals surface area (Å²) in [5.41, 5.74) is 0.223. The van der Waals surface area contributed by atoms with Crippen LogP contribution < -0.4 is 5.32 Å². The summed E-state index contributed by atoms with van der Waals surface area (Å²) in [6.07, 6.45) is 4.42. The van der Waals surface area contributed by atoms with Gasteiger partial charge in [-0.1, -0.05) is 61.3 Å². The molecule has 2 heteroatoms. The molecule has 0 aromatic rings. The van der Waals surface area contributed by atoms with Crippen molar-refractivity contribution in [3.05, 3.63) is 0 Å². The molecule has 0 aliphatic heterocycles. The number of rotatable bonds is 6. The largest absolute Gasteiger partial charge is 0.356 e. The zero-order valence-electron chi connectivity index (χ0n) is 13.5. The Labute approximate surface area is 114 Å². The topological polar surface area (TPSA) is 29.1 Å². The third kappa shape index (κ3) is 7.73. The maximum Gasteiger partial charge on any atom is 0.223 e. The van der Waals surface area contributed by atoms with Crippen molar-refractivity contribution in [3.63, 3.8) is 0 Å². The molecular formula is C16H33NO. The number of carbonyl (C=O) groups is 1. The molecule has 2 nitrogen and oxygen atoms in total. The monoisotopic (exact) mass is 255 g/mol. The number of carbonyl (C=O) groups excluding carboxylic acids is 1. The lowest BCUT2D eigenvalue weighted by molar-refractivity contribution is -0.129. The molecule has 1 N–H and O–H groups in total. The smallest absolute Gasteiger partial charge is 0.223 e. The van der Waals surface area contributed by atoms with Crippen LogP contribution in [0.5, 0.6) is 0 Å². The van der Waals surface area contributed by atoms with Crippen molar-refractivity contribution in [3.8, 4) is 0 Å². The Kier molecular flexibility index (Phi) is 6.94. The van der Waals surface area contributed by atoms with Gasteiger partial charge in [-0.05, 0) is 23.7 Å². The number of unbranched alkanes of at least 4 members (excludes halogenated alkanes) is 2. The first kappa shape index (κ1) is 17.5. The normalized spacial score (nSPS) is 14.4. The van der Waals surface area contributed by atoms with Gasteiger partial charge in [0.05, 0.1) is 0 Å². The Balaban J connectivity index is 4.43. The Morgan fingerprint density at radius 2 is 1.61 bits per heavy atom. The Morgan fingerprint density at radius 1 is 1.06 bits per heavy atom. The Bertz CT molecular complexity index is 245. The third-order valence-corrected chi connectivity index (χ3v) is 3.26. The van der Waals surface area contributed by atoms with E-state index in [0.29, 0.717) is 0 Å². The lowest BCUT2D eigenvalue weighted by Crippen LogP contribution is -2.40.